The predicted octanol–water partition coefficient (Wildman–Crippen LogP) is 7.43. The van der Waals surface area contributed by atoms with Crippen molar-refractivity contribution in [3.05, 3.63) is 128 Å². The number of nitrogens with one attached hydrogen (secondary N) is 1. The van der Waals surface area contributed by atoms with Gasteiger partial charge in [-0.25, -0.2) is 9.69 Å². The number of hydrogen-bond donors (Lipinski definition) is 1. The van der Waals surface area contributed by atoms with Crippen molar-refractivity contribution in [1.29, 1.82) is 0 Å². The molecule has 0 saturated carbocycles. The standard InChI is InChI=1S/C33H26Cl2N2O5/c1-20-13-21(2)15-22(14-20)18-42-30-12-7-25(34)16-24(30)17-28-31(38)36-33(40)37(32(28)39)26-8-10-27(11-9-26)41-19-23-5-3-4-6-29(23)35/h3-17H,18-19H2,1-2H3,(H,36,38,40)/b28-17+. The molecule has 0 aliphatic carbocycles. The lowest BCUT2D eigenvalue weighted by molar-refractivity contribution is -0.122. The number of benzene rings is 4. The zero-order valence-electron chi connectivity index (χ0n) is 22.8. The Morgan fingerprint density at radius 3 is 2.24 bits per heavy atom. The number of urea groups is 1. The van der Waals surface area contributed by atoms with Gasteiger partial charge in [0.05, 0.1) is 5.69 Å². The number of barbiturate groups is 1. The highest BCUT2D eigenvalue weighted by Crippen LogP contribution is 2.29. The lowest BCUT2D eigenvalue weighted by atomic mass is 10.1. The second kappa shape index (κ2) is 12.5. The number of ether oxygens (including phenoxy) is 2. The first-order valence-corrected chi connectivity index (χ1v) is 13.8. The molecule has 7 nitrogen and oxygen atoms in total. The van der Waals surface area contributed by atoms with Crippen LogP contribution >= 0.6 is 23.2 Å². The van der Waals surface area contributed by atoms with Crippen LogP contribution in [-0.2, 0) is 22.8 Å². The zero-order chi connectivity index (χ0) is 29.8. The smallest absolute Gasteiger partial charge is 0.335 e. The Morgan fingerprint density at radius 2 is 1.52 bits per heavy atom. The third-order valence-corrected chi connectivity index (χ3v) is 7.10. The van der Waals surface area contributed by atoms with Gasteiger partial charge in [-0.1, -0.05) is 70.7 Å². The molecular weight excluding hydrogens is 575 g/mol. The molecule has 5 rings (SSSR count). The predicted molar refractivity (Wildman–Crippen MR) is 163 cm³/mol. The minimum Gasteiger partial charge on any atom is -0.489 e. The van der Waals surface area contributed by atoms with Crippen LogP contribution in [0.5, 0.6) is 11.5 Å². The molecule has 1 heterocycles. The molecule has 42 heavy (non-hydrogen) atoms. The number of imide groups is 2. The SMILES string of the molecule is Cc1cc(C)cc(COc2ccc(Cl)cc2/C=C2\C(=O)NC(=O)N(c3ccc(OCc4ccccc4Cl)cc3)C2=O)c1. The molecule has 0 spiro atoms. The van der Waals surface area contributed by atoms with Crippen molar-refractivity contribution in [3.63, 3.8) is 0 Å². The Morgan fingerprint density at radius 1 is 0.810 bits per heavy atom. The second-order valence-corrected chi connectivity index (χ2v) is 10.6. The van der Waals surface area contributed by atoms with Crippen molar-refractivity contribution >= 4 is 52.8 Å². The largest absolute Gasteiger partial charge is 0.489 e. The molecule has 0 aromatic heterocycles. The molecule has 1 fully saturated rings. The van der Waals surface area contributed by atoms with Gasteiger partial charge in [0.1, 0.15) is 30.3 Å². The van der Waals surface area contributed by atoms with Crippen LogP contribution in [0, 0.1) is 13.8 Å². The zero-order valence-corrected chi connectivity index (χ0v) is 24.3. The monoisotopic (exact) mass is 600 g/mol. The quantitative estimate of drug-likeness (QED) is 0.168. The summed E-state index contributed by atoms with van der Waals surface area (Å²) < 4.78 is 11.9. The molecular formula is C33H26Cl2N2O5. The van der Waals surface area contributed by atoms with Crippen LogP contribution in [0.4, 0.5) is 10.5 Å². The molecule has 0 unspecified atom stereocenters. The van der Waals surface area contributed by atoms with E-state index in [-0.39, 0.29) is 24.5 Å². The van der Waals surface area contributed by atoms with E-state index in [0.29, 0.717) is 27.1 Å². The molecule has 1 aliphatic rings. The minimum absolute atomic E-state index is 0.243. The second-order valence-electron chi connectivity index (χ2n) is 9.80. The van der Waals surface area contributed by atoms with Gasteiger partial charge in [-0.2, -0.15) is 0 Å². The van der Waals surface area contributed by atoms with E-state index in [1.165, 1.54) is 6.08 Å². The molecule has 0 bridgehead atoms. The van der Waals surface area contributed by atoms with Crippen molar-refractivity contribution in [2.75, 3.05) is 4.90 Å². The highest BCUT2D eigenvalue weighted by molar-refractivity contribution is 6.39. The van der Waals surface area contributed by atoms with Crippen molar-refractivity contribution in [1.82, 2.24) is 5.32 Å². The van der Waals surface area contributed by atoms with Crippen LogP contribution in [-0.4, -0.2) is 17.8 Å². The maximum atomic E-state index is 13.5. The van der Waals surface area contributed by atoms with Crippen LogP contribution in [0.25, 0.3) is 6.08 Å². The van der Waals surface area contributed by atoms with Crippen LogP contribution in [0.15, 0.2) is 90.5 Å². The Hall–Kier alpha value is -4.59. The van der Waals surface area contributed by atoms with E-state index in [0.717, 1.165) is 27.2 Å². The Kier molecular flexibility index (Phi) is 8.61. The Labute approximate surface area is 253 Å². The van der Waals surface area contributed by atoms with E-state index in [4.69, 9.17) is 32.7 Å². The van der Waals surface area contributed by atoms with E-state index in [2.05, 4.69) is 11.4 Å². The van der Waals surface area contributed by atoms with E-state index in [1.54, 1.807) is 48.5 Å². The maximum absolute atomic E-state index is 13.5. The van der Waals surface area contributed by atoms with Gasteiger partial charge in [0.2, 0.25) is 0 Å². The maximum Gasteiger partial charge on any atom is 0.335 e. The van der Waals surface area contributed by atoms with Gasteiger partial charge in [0.15, 0.2) is 0 Å². The fourth-order valence-electron chi connectivity index (χ4n) is 4.59. The van der Waals surface area contributed by atoms with Crippen LogP contribution in [0.1, 0.15) is 27.8 Å². The van der Waals surface area contributed by atoms with Gasteiger partial charge in [0.25, 0.3) is 11.8 Å². The molecule has 9 heteroatoms. The van der Waals surface area contributed by atoms with Gasteiger partial charge in [0, 0.05) is 21.2 Å². The van der Waals surface area contributed by atoms with Crippen LogP contribution in [0.3, 0.4) is 0 Å². The van der Waals surface area contributed by atoms with Crippen molar-refractivity contribution in [2.45, 2.75) is 27.1 Å². The molecule has 1 saturated heterocycles. The summed E-state index contributed by atoms with van der Waals surface area (Å²) in [7, 11) is 0. The van der Waals surface area contributed by atoms with E-state index in [9.17, 15) is 14.4 Å². The van der Waals surface area contributed by atoms with Gasteiger partial charge >= 0.3 is 6.03 Å². The number of carbonyl (C=O) groups is 3. The molecule has 0 atom stereocenters. The molecule has 4 aromatic carbocycles. The lowest BCUT2D eigenvalue weighted by Gasteiger charge is -2.26. The average Bonchev–Trinajstić information content (AvgIpc) is 2.94. The summed E-state index contributed by atoms with van der Waals surface area (Å²) in [4.78, 5) is 39.9. The normalized spacial score (nSPS) is 14.2. The molecule has 1 aliphatic heterocycles. The number of carbonyl (C=O) groups excluding carboxylic acids is 3. The van der Waals surface area contributed by atoms with E-state index < -0.39 is 17.8 Å². The Bertz CT molecular complexity index is 1700. The van der Waals surface area contributed by atoms with Gasteiger partial charge in [-0.15, -0.1) is 0 Å². The number of rotatable bonds is 8. The van der Waals surface area contributed by atoms with Gasteiger partial charge in [-0.3, -0.25) is 14.9 Å². The van der Waals surface area contributed by atoms with Crippen molar-refractivity contribution in [2.24, 2.45) is 0 Å². The third kappa shape index (κ3) is 6.65. The number of halogens is 2. The summed E-state index contributed by atoms with van der Waals surface area (Å²) in [6, 6.07) is 23.9. The molecule has 0 radical (unpaired) electrons. The molecule has 212 valence electrons. The first kappa shape index (κ1) is 28.9. The summed E-state index contributed by atoms with van der Waals surface area (Å²) in [5.41, 5.74) is 4.46. The summed E-state index contributed by atoms with van der Waals surface area (Å²) >= 11 is 12.4. The number of nitrogens with zero attached hydrogens (tertiary/aromatic N) is 1. The Balaban J connectivity index is 1.37. The van der Waals surface area contributed by atoms with E-state index >= 15 is 0 Å². The molecule has 4 aromatic rings. The summed E-state index contributed by atoms with van der Waals surface area (Å²) in [5, 5.41) is 3.22. The fraction of sp³-hybridized carbons (Fsp3) is 0.121. The third-order valence-electron chi connectivity index (χ3n) is 6.50. The summed E-state index contributed by atoms with van der Waals surface area (Å²) in [6.07, 6.45) is 1.38. The summed E-state index contributed by atoms with van der Waals surface area (Å²) in [6.45, 7) is 4.54. The minimum atomic E-state index is -0.857. The van der Waals surface area contributed by atoms with Crippen LogP contribution in [0.2, 0.25) is 10.0 Å². The topological polar surface area (TPSA) is 84.9 Å². The lowest BCUT2D eigenvalue weighted by Crippen LogP contribution is -2.54. The fourth-order valence-corrected chi connectivity index (χ4v) is 4.96. The van der Waals surface area contributed by atoms with E-state index in [1.807, 2.05) is 44.2 Å². The number of hydrogen-bond acceptors (Lipinski definition) is 5. The number of aryl methyl sites for hydroxylation is 2. The molecule has 1 N–H and O–H groups in total. The van der Waals surface area contributed by atoms with Crippen molar-refractivity contribution in [3.8, 4) is 11.5 Å². The highest BCUT2D eigenvalue weighted by atomic mass is 35.5. The van der Waals surface area contributed by atoms with Gasteiger partial charge < -0.3 is 9.47 Å². The van der Waals surface area contributed by atoms with Crippen molar-refractivity contribution < 1.29 is 23.9 Å². The first-order chi connectivity index (χ1) is 20.2. The average molecular weight is 601 g/mol. The first-order valence-electron chi connectivity index (χ1n) is 13.1. The number of anilines is 1. The number of amides is 4. The highest BCUT2D eigenvalue weighted by Gasteiger charge is 2.37. The van der Waals surface area contributed by atoms with Gasteiger partial charge in [-0.05, 0) is 74.0 Å². The van der Waals surface area contributed by atoms with Crippen LogP contribution < -0.4 is 19.7 Å². The summed E-state index contributed by atoms with van der Waals surface area (Å²) in [5.74, 6) is -0.662. The molecule has 4 amide bonds.